The molecule has 1 saturated heterocycles. The van der Waals surface area contributed by atoms with E-state index in [-0.39, 0.29) is 11.6 Å². The quantitative estimate of drug-likeness (QED) is 0.854. The van der Waals surface area contributed by atoms with Crippen LogP contribution in [0.4, 0.5) is 18.9 Å². The number of hydrogen-bond acceptors (Lipinski definition) is 3. The smallest absolute Gasteiger partial charge is 0.416 e. The van der Waals surface area contributed by atoms with Crippen molar-refractivity contribution in [2.24, 2.45) is 11.3 Å². The van der Waals surface area contributed by atoms with Crippen LogP contribution in [0.25, 0.3) is 0 Å². The molecular formula is C18H21F3N2O3. The highest BCUT2D eigenvalue weighted by Crippen LogP contribution is 2.49. The van der Waals surface area contributed by atoms with Crippen LogP contribution in [-0.2, 0) is 15.8 Å². The van der Waals surface area contributed by atoms with E-state index in [1.807, 2.05) is 4.90 Å². The van der Waals surface area contributed by atoms with Gasteiger partial charge in [-0.1, -0.05) is 12.5 Å². The molecule has 5 nitrogen and oxygen atoms in total. The Labute approximate surface area is 149 Å². The highest BCUT2D eigenvalue weighted by atomic mass is 19.4. The predicted molar refractivity (Wildman–Crippen MR) is 88.5 cm³/mol. The number of benzene rings is 1. The summed E-state index contributed by atoms with van der Waals surface area (Å²) in [5, 5.41) is 12.1. The SMILES string of the molecule is CC(C(=O)Nc1cccc(C(F)(F)F)c1)N1C[C@@H]2CCC[C@@]2(C(=O)O)C1. The molecule has 1 aliphatic heterocycles. The monoisotopic (exact) mass is 370 g/mol. The lowest BCUT2D eigenvalue weighted by Gasteiger charge is -2.26. The number of alkyl halides is 3. The molecule has 1 unspecified atom stereocenters. The average Bonchev–Trinajstić information content (AvgIpc) is 3.11. The molecule has 0 aromatic heterocycles. The average molecular weight is 370 g/mol. The molecule has 3 atom stereocenters. The molecule has 3 rings (SSSR count). The van der Waals surface area contributed by atoms with Gasteiger partial charge in [-0.3, -0.25) is 14.5 Å². The topological polar surface area (TPSA) is 69.6 Å². The molecule has 0 bridgehead atoms. The van der Waals surface area contributed by atoms with E-state index in [1.54, 1.807) is 6.92 Å². The Balaban J connectivity index is 1.69. The van der Waals surface area contributed by atoms with Crippen molar-refractivity contribution in [2.45, 2.75) is 38.4 Å². The number of hydrogen-bond donors (Lipinski definition) is 2. The van der Waals surface area contributed by atoms with Crippen LogP contribution < -0.4 is 5.32 Å². The lowest BCUT2D eigenvalue weighted by atomic mass is 9.81. The number of nitrogens with one attached hydrogen (secondary N) is 1. The normalized spacial score (nSPS) is 27.2. The summed E-state index contributed by atoms with van der Waals surface area (Å²) in [5.41, 5.74) is -1.56. The lowest BCUT2D eigenvalue weighted by molar-refractivity contribution is -0.149. The van der Waals surface area contributed by atoms with Crippen LogP contribution in [0.5, 0.6) is 0 Å². The van der Waals surface area contributed by atoms with E-state index in [0.29, 0.717) is 19.5 Å². The van der Waals surface area contributed by atoms with Crippen molar-refractivity contribution in [3.05, 3.63) is 29.8 Å². The van der Waals surface area contributed by atoms with Crippen molar-refractivity contribution < 1.29 is 27.9 Å². The fourth-order valence-electron chi connectivity index (χ4n) is 4.16. The van der Waals surface area contributed by atoms with E-state index in [9.17, 15) is 27.9 Å². The van der Waals surface area contributed by atoms with Crippen LogP contribution in [0.15, 0.2) is 24.3 Å². The third-order valence-corrected chi connectivity index (χ3v) is 5.71. The van der Waals surface area contributed by atoms with Gasteiger partial charge in [0.25, 0.3) is 0 Å². The van der Waals surface area contributed by atoms with Gasteiger partial charge in [0.2, 0.25) is 5.91 Å². The second kappa shape index (κ2) is 6.57. The molecule has 26 heavy (non-hydrogen) atoms. The molecule has 142 valence electrons. The molecule has 1 amide bonds. The maximum Gasteiger partial charge on any atom is 0.416 e. The van der Waals surface area contributed by atoms with Crippen LogP contribution in [0.3, 0.4) is 0 Å². The second-order valence-electron chi connectivity index (χ2n) is 7.22. The Morgan fingerprint density at radius 3 is 2.73 bits per heavy atom. The molecule has 1 aromatic rings. The summed E-state index contributed by atoms with van der Waals surface area (Å²) in [4.78, 5) is 26.0. The number of carboxylic acids is 1. The summed E-state index contributed by atoms with van der Waals surface area (Å²) in [6, 6.07) is 3.85. The highest BCUT2D eigenvalue weighted by Gasteiger charge is 2.55. The number of nitrogens with zero attached hydrogens (tertiary/aromatic N) is 1. The van der Waals surface area contributed by atoms with Gasteiger partial charge in [0, 0.05) is 18.8 Å². The molecule has 0 radical (unpaired) electrons. The lowest BCUT2D eigenvalue weighted by Crippen LogP contribution is -2.43. The summed E-state index contributed by atoms with van der Waals surface area (Å²) in [6.07, 6.45) is -2.18. The molecule has 2 fully saturated rings. The van der Waals surface area contributed by atoms with E-state index >= 15 is 0 Å². The summed E-state index contributed by atoms with van der Waals surface area (Å²) in [7, 11) is 0. The maximum atomic E-state index is 12.8. The minimum atomic E-state index is -4.48. The summed E-state index contributed by atoms with van der Waals surface area (Å²) >= 11 is 0. The van der Waals surface area contributed by atoms with Crippen LogP contribution in [0.1, 0.15) is 31.7 Å². The largest absolute Gasteiger partial charge is 0.481 e. The Morgan fingerprint density at radius 2 is 2.12 bits per heavy atom. The zero-order valence-electron chi connectivity index (χ0n) is 14.3. The Hall–Kier alpha value is -2.09. The first-order valence-corrected chi connectivity index (χ1v) is 8.59. The number of amides is 1. The number of aliphatic carboxylic acids is 1. The predicted octanol–water partition coefficient (Wildman–Crippen LogP) is 3.22. The molecule has 2 aliphatic rings. The highest BCUT2D eigenvalue weighted by molar-refractivity contribution is 5.94. The van der Waals surface area contributed by atoms with Gasteiger partial charge < -0.3 is 10.4 Å². The molecule has 1 heterocycles. The first-order chi connectivity index (χ1) is 12.1. The number of carbonyl (C=O) groups is 2. The molecule has 1 aromatic carbocycles. The molecule has 1 aliphatic carbocycles. The van der Waals surface area contributed by atoms with Crippen molar-refractivity contribution in [3.63, 3.8) is 0 Å². The summed E-state index contributed by atoms with van der Waals surface area (Å²) in [6.45, 7) is 2.47. The van der Waals surface area contributed by atoms with E-state index in [4.69, 9.17) is 0 Å². The minimum absolute atomic E-state index is 0.0174. The molecule has 1 saturated carbocycles. The van der Waals surface area contributed by atoms with E-state index < -0.39 is 35.1 Å². The maximum absolute atomic E-state index is 12.8. The van der Waals surface area contributed by atoms with Gasteiger partial charge in [-0.25, -0.2) is 0 Å². The number of carbonyl (C=O) groups excluding carboxylic acids is 1. The number of halogens is 3. The van der Waals surface area contributed by atoms with Crippen LogP contribution >= 0.6 is 0 Å². The molecular weight excluding hydrogens is 349 g/mol. The Bertz CT molecular complexity index is 722. The van der Waals surface area contributed by atoms with Gasteiger partial charge in [0.05, 0.1) is 17.0 Å². The van der Waals surface area contributed by atoms with Gasteiger partial charge in [-0.15, -0.1) is 0 Å². The number of fused-ring (bicyclic) bond motifs is 1. The van der Waals surface area contributed by atoms with E-state index in [1.165, 1.54) is 12.1 Å². The first-order valence-electron chi connectivity index (χ1n) is 8.59. The van der Waals surface area contributed by atoms with Gasteiger partial charge in [0.15, 0.2) is 0 Å². The van der Waals surface area contributed by atoms with Gasteiger partial charge in [-0.2, -0.15) is 13.2 Å². The second-order valence-corrected chi connectivity index (χ2v) is 7.22. The van der Waals surface area contributed by atoms with Crippen molar-refractivity contribution in [2.75, 3.05) is 18.4 Å². The first kappa shape index (κ1) is 18.7. The standard InChI is InChI=1S/C18H21F3N2O3/c1-11(23-9-13-5-3-7-17(13,10-23)16(25)26)15(24)22-14-6-2-4-12(8-14)18(19,20)21/h2,4,6,8,11,13H,3,5,7,9-10H2,1H3,(H,22,24)(H,25,26)/t11?,13-,17+/m0/s1. The Morgan fingerprint density at radius 1 is 1.38 bits per heavy atom. The minimum Gasteiger partial charge on any atom is -0.481 e. The summed E-state index contributed by atoms with van der Waals surface area (Å²) in [5.74, 6) is -1.25. The Kier molecular flexibility index (Phi) is 4.72. The number of carboxylic acid groups (broad SMARTS) is 1. The molecule has 0 spiro atoms. The van der Waals surface area contributed by atoms with Crippen LogP contribution in [0, 0.1) is 11.3 Å². The van der Waals surface area contributed by atoms with E-state index in [2.05, 4.69) is 5.32 Å². The molecule has 2 N–H and O–H groups in total. The number of anilines is 1. The summed E-state index contributed by atoms with van der Waals surface area (Å²) < 4.78 is 38.3. The zero-order valence-corrected chi connectivity index (χ0v) is 14.3. The van der Waals surface area contributed by atoms with Crippen LogP contribution in [0.2, 0.25) is 0 Å². The van der Waals surface area contributed by atoms with Gasteiger partial charge in [0.1, 0.15) is 0 Å². The van der Waals surface area contributed by atoms with Crippen LogP contribution in [-0.4, -0.2) is 41.0 Å². The van der Waals surface area contributed by atoms with E-state index in [0.717, 1.165) is 25.0 Å². The van der Waals surface area contributed by atoms with Crippen molar-refractivity contribution in [3.8, 4) is 0 Å². The molecule has 8 heteroatoms. The third-order valence-electron chi connectivity index (χ3n) is 5.71. The third kappa shape index (κ3) is 3.30. The van der Waals surface area contributed by atoms with Crippen molar-refractivity contribution in [1.29, 1.82) is 0 Å². The van der Waals surface area contributed by atoms with Gasteiger partial charge in [-0.05, 0) is 43.9 Å². The van der Waals surface area contributed by atoms with Gasteiger partial charge >= 0.3 is 12.1 Å². The number of likely N-dealkylation sites (tertiary alicyclic amines) is 1. The van der Waals surface area contributed by atoms with Crippen molar-refractivity contribution >= 4 is 17.6 Å². The number of rotatable bonds is 4. The van der Waals surface area contributed by atoms with Crippen molar-refractivity contribution in [1.82, 2.24) is 4.90 Å². The fraction of sp³-hybridized carbons (Fsp3) is 0.556. The fourth-order valence-corrected chi connectivity index (χ4v) is 4.16. The zero-order chi connectivity index (χ0) is 19.1.